The number of nitrogens with zero attached hydrogens (tertiary/aromatic N) is 1. The zero-order chi connectivity index (χ0) is 13.9. The van der Waals surface area contributed by atoms with Crippen molar-refractivity contribution in [2.24, 2.45) is 5.73 Å². The van der Waals surface area contributed by atoms with E-state index in [0.717, 1.165) is 25.9 Å². The second-order valence-electron chi connectivity index (χ2n) is 5.76. The van der Waals surface area contributed by atoms with Gasteiger partial charge in [0, 0.05) is 31.1 Å². The van der Waals surface area contributed by atoms with Gasteiger partial charge in [-0.25, -0.2) is 9.80 Å². The molecular weight excluding hydrogens is 252 g/mol. The SMILES string of the molecule is NC(=O)NN1CCC(NC2CC2c2ccccc2)CC1. The summed E-state index contributed by atoms with van der Waals surface area (Å²) in [4.78, 5) is 10.8. The van der Waals surface area contributed by atoms with Crippen molar-refractivity contribution in [1.29, 1.82) is 0 Å². The zero-order valence-corrected chi connectivity index (χ0v) is 11.6. The Kier molecular flexibility index (Phi) is 3.89. The van der Waals surface area contributed by atoms with Gasteiger partial charge in [-0.2, -0.15) is 0 Å². The molecule has 1 heterocycles. The molecule has 1 saturated carbocycles. The van der Waals surface area contributed by atoms with Crippen LogP contribution in [0.4, 0.5) is 4.79 Å². The zero-order valence-electron chi connectivity index (χ0n) is 11.6. The van der Waals surface area contributed by atoms with E-state index in [0.29, 0.717) is 18.0 Å². The predicted octanol–water partition coefficient (Wildman–Crippen LogP) is 1.18. The number of hydrazine groups is 1. The Labute approximate surface area is 119 Å². The van der Waals surface area contributed by atoms with Crippen molar-refractivity contribution in [3.05, 3.63) is 35.9 Å². The molecule has 1 saturated heterocycles. The first-order valence-corrected chi connectivity index (χ1v) is 7.34. The molecule has 2 aliphatic rings. The maximum Gasteiger partial charge on any atom is 0.326 e. The van der Waals surface area contributed by atoms with E-state index in [1.54, 1.807) is 0 Å². The van der Waals surface area contributed by atoms with Gasteiger partial charge in [-0.05, 0) is 24.8 Å². The molecule has 20 heavy (non-hydrogen) atoms. The number of carbonyl (C=O) groups is 1. The Bertz CT molecular complexity index is 456. The molecule has 0 spiro atoms. The van der Waals surface area contributed by atoms with Crippen molar-refractivity contribution in [2.45, 2.75) is 37.3 Å². The van der Waals surface area contributed by atoms with Gasteiger partial charge in [0.25, 0.3) is 0 Å². The molecule has 1 aromatic rings. The van der Waals surface area contributed by atoms with E-state index < -0.39 is 6.03 Å². The predicted molar refractivity (Wildman–Crippen MR) is 78.0 cm³/mol. The third-order valence-electron chi connectivity index (χ3n) is 4.23. The largest absolute Gasteiger partial charge is 0.351 e. The molecule has 0 bridgehead atoms. The lowest BCUT2D eigenvalue weighted by Crippen LogP contribution is -2.52. The van der Waals surface area contributed by atoms with Gasteiger partial charge in [0.05, 0.1) is 0 Å². The Morgan fingerprint density at radius 1 is 1.20 bits per heavy atom. The minimum absolute atomic E-state index is 0.470. The molecule has 2 atom stereocenters. The summed E-state index contributed by atoms with van der Waals surface area (Å²) in [7, 11) is 0. The summed E-state index contributed by atoms with van der Waals surface area (Å²) in [5, 5.41) is 5.65. The Balaban J connectivity index is 1.42. The topological polar surface area (TPSA) is 70.4 Å². The lowest BCUT2D eigenvalue weighted by molar-refractivity contribution is 0.143. The van der Waals surface area contributed by atoms with Gasteiger partial charge < -0.3 is 11.1 Å². The molecular formula is C15H22N4O. The van der Waals surface area contributed by atoms with E-state index in [9.17, 15) is 4.79 Å². The molecule has 2 fully saturated rings. The summed E-state index contributed by atoms with van der Waals surface area (Å²) in [6, 6.07) is 11.4. The summed E-state index contributed by atoms with van der Waals surface area (Å²) >= 11 is 0. The fourth-order valence-electron chi connectivity index (χ4n) is 3.06. The van der Waals surface area contributed by atoms with Crippen molar-refractivity contribution in [3.63, 3.8) is 0 Å². The van der Waals surface area contributed by atoms with Crippen LogP contribution in [0.25, 0.3) is 0 Å². The summed E-state index contributed by atoms with van der Waals surface area (Å²) in [5.41, 5.74) is 9.22. The van der Waals surface area contributed by atoms with E-state index in [-0.39, 0.29) is 0 Å². The van der Waals surface area contributed by atoms with Gasteiger partial charge in [0.15, 0.2) is 0 Å². The van der Waals surface area contributed by atoms with Gasteiger partial charge in [0.1, 0.15) is 0 Å². The molecule has 108 valence electrons. The number of nitrogens with two attached hydrogens (primary N) is 1. The molecule has 2 unspecified atom stereocenters. The molecule has 5 nitrogen and oxygen atoms in total. The fourth-order valence-corrected chi connectivity index (χ4v) is 3.06. The van der Waals surface area contributed by atoms with Crippen LogP contribution in [0.5, 0.6) is 0 Å². The van der Waals surface area contributed by atoms with Gasteiger partial charge in [-0.15, -0.1) is 0 Å². The maximum atomic E-state index is 10.8. The Morgan fingerprint density at radius 3 is 2.55 bits per heavy atom. The van der Waals surface area contributed by atoms with E-state index in [1.807, 2.05) is 5.01 Å². The first kappa shape index (κ1) is 13.4. The summed E-state index contributed by atoms with van der Waals surface area (Å²) in [6.07, 6.45) is 3.35. The van der Waals surface area contributed by atoms with Crippen molar-refractivity contribution in [1.82, 2.24) is 15.8 Å². The van der Waals surface area contributed by atoms with E-state index in [4.69, 9.17) is 5.73 Å². The number of primary amides is 1. The quantitative estimate of drug-likeness (QED) is 0.772. The summed E-state index contributed by atoms with van der Waals surface area (Å²) in [5.74, 6) is 0.679. The van der Waals surface area contributed by atoms with Crippen molar-refractivity contribution >= 4 is 6.03 Å². The lowest BCUT2D eigenvalue weighted by Gasteiger charge is -2.32. The molecule has 2 amide bonds. The van der Waals surface area contributed by atoms with Crippen LogP contribution in [-0.4, -0.2) is 36.2 Å². The number of hydrogen-bond acceptors (Lipinski definition) is 3. The first-order valence-electron chi connectivity index (χ1n) is 7.34. The van der Waals surface area contributed by atoms with E-state index in [1.165, 1.54) is 12.0 Å². The van der Waals surface area contributed by atoms with Crippen LogP contribution in [0.3, 0.4) is 0 Å². The standard InChI is InChI=1S/C15H22N4O/c16-15(20)18-19-8-6-12(7-9-19)17-14-10-13(14)11-4-2-1-3-5-11/h1-5,12-14,17H,6-10H2,(H3,16,18,20). The number of rotatable bonds is 4. The highest BCUT2D eigenvalue weighted by molar-refractivity contribution is 5.70. The number of nitrogens with one attached hydrogen (secondary N) is 2. The Hall–Kier alpha value is -1.59. The average Bonchev–Trinajstić information content (AvgIpc) is 3.21. The monoisotopic (exact) mass is 274 g/mol. The van der Waals surface area contributed by atoms with Crippen LogP contribution in [-0.2, 0) is 0 Å². The van der Waals surface area contributed by atoms with Crippen molar-refractivity contribution in [3.8, 4) is 0 Å². The molecule has 0 radical (unpaired) electrons. The number of piperidine rings is 1. The van der Waals surface area contributed by atoms with Crippen LogP contribution in [0, 0.1) is 0 Å². The Morgan fingerprint density at radius 2 is 1.90 bits per heavy atom. The van der Waals surface area contributed by atoms with Gasteiger partial charge in [0.2, 0.25) is 0 Å². The normalized spacial score (nSPS) is 27.2. The van der Waals surface area contributed by atoms with Crippen LogP contribution in [0.15, 0.2) is 30.3 Å². The third kappa shape index (κ3) is 3.29. The number of hydrogen-bond donors (Lipinski definition) is 3. The second kappa shape index (κ2) is 5.81. The molecule has 5 heteroatoms. The van der Waals surface area contributed by atoms with Gasteiger partial charge >= 0.3 is 6.03 Å². The van der Waals surface area contributed by atoms with Crippen LogP contribution >= 0.6 is 0 Å². The summed E-state index contributed by atoms with van der Waals surface area (Å²) in [6.45, 7) is 1.73. The molecule has 1 aromatic carbocycles. The second-order valence-corrected chi connectivity index (χ2v) is 5.76. The number of amides is 2. The fraction of sp³-hybridized carbons (Fsp3) is 0.533. The van der Waals surface area contributed by atoms with Crippen molar-refractivity contribution < 1.29 is 4.79 Å². The molecule has 0 aromatic heterocycles. The van der Waals surface area contributed by atoms with Gasteiger partial charge in [-0.1, -0.05) is 30.3 Å². The molecule has 3 rings (SSSR count). The number of carbonyl (C=O) groups excluding carboxylic acids is 1. The highest BCUT2D eigenvalue weighted by Gasteiger charge is 2.39. The lowest BCUT2D eigenvalue weighted by atomic mass is 10.1. The smallest absolute Gasteiger partial charge is 0.326 e. The third-order valence-corrected chi connectivity index (χ3v) is 4.23. The van der Waals surface area contributed by atoms with Gasteiger partial charge in [-0.3, -0.25) is 5.43 Å². The average molecular weight is 274 g/mol. The minimum Gasteiger partial charge on any atom is -0.351 e. The first-order chi connectivity index (χ1) is 9.72. The number of urea groups is 1. The van der Waals surface area contributed by atoms with E-state index in [2.05, 4.69) is 41.1 Å². The van der Waals surface area contributed by atoms with Crippen LogP contribution < -0.4 is 16.5 Å². The molecule has 1 aliphatic carbocycles. The summed E-state index contributed by atoms with van der Waals surface area (Å²) < 4.78 is 0. The molecule has 4 N–H and O–H groups in total. The highest BCUT2D eigenvalue weighted by Crippen LogP contribution is 2.41. The maximum absolute atomic E-state index is 10.8. The number of benzene rings is 1. The highest BCUT2D eigenvalue weighted by atomic mass is 16.2. The van der Waals surface area contributed by atoms with Crippen molar-refractivity contribution in [2.75, 3.05) is 13.1 Å². The van der Waals surface area contributed by atoms with E-state index >= 15 is 0 Å². The van der Waals surface area contributed by atoms with Crippen LogP contribution in [0.1, 0.15) is 30.7 Å². The van der Waals surface area contributed by atoms with Crippen LogP contribution in [0.2, 0.25) is 0 Å². The minimum atomic E-state index is -0.470. The molecule has 1 aliphatic heterocycles.